The second kappa shape index (κ2) is 9.16. The van der Waals surface area contributed by atoms with Crippen molar-refractivity contribution < 1.29 is 4.74 Å². The zero-order valence-corrected chi connectivity index (χ0v) is 15.8. The monoisotopic (exact) mass is 361 g/mol. The Balaban J connectivity index is 1.58. The maximum atomic E-state index is 6.02. The number of benzene rings is 3. The van der Waals surface area contributed by atoms with Crippen molar-refractivity contribution in [2.24, 2.45) is 0 Å². The molecule has 0 amide bonds. The van der Waals surface area contributed by atoms with Crippen LogP contribution in [0.25, 0.3) is 0 Å². The van der Waals surface area contributed by atoms with Gasteiger partial charge in [0.25, 0.3) is 0 Å². The van der Waals surface area contributed by atoms with Crippen LogP contribution < -0.4 is 10.1 Å². The van der Waals surface area contributed by atoms with Crippen LogP contribution in [0.4, 0.5) is 0 Å². The average Bonchev–Trinajstić information content (AvgIpc) is 2.68. The summed E-state index contributed by atoms with van der Waals surface area (Å²) in [4.78, 5) is 0.723. The molecule has 3 heteroatoms. The van der Waals surface area contributed by atoms with Crippen molar-refractivity contribution in [2.75, 3.05) is 6.54 Å². The molecule has 132 valence electrons. The van der Waals surface area contributed by atoms with Gasteiger partial charge in [0.2, 0.25) is 0 Å². The highest BCUT2D eigenvalue weighted by Crippen LogP contribution is 2.20. The van der Waals surface area contributed by atoms with Crippen LogP contribution >= 0.6 is 12.2 Å². The summed E-state index contributed by atoms with van der Waals surface area (Å²) in [5.74, 6) is 0.810. The van der Waals surface area contributed by atoms with Gasteiger partial charge in [-0.05, 0) is 36.6 Å². The minimum atomic E-state index is 0.532. The molecule has 1 N–H and O–H groups in total. The number of aryl methyl sites for hydroxylation is 1. The third kappa shape index (κ3) is 5.17. The van der Waals surface area contributed by atoms with Crippen molar-refractivity contribution in [1.82, 2.24) is 5.32 Å². The van der Waals surface area contributed by atoms with E-state index in [0.717, 1.165) is 34.8 Å². The van der Waals surface area contributed by atoms with Crippen molar-refractivity contribution in [3.05, 3.63) is 101 Å². The fourth-order valence-corrected chi connectivity index (χ4v) is 2.96. The van der Waals surface area contributed by atoms with E-state index in [1.807, 2.05) is 30.3 Å². The molecule has 26 heavy (non-hydrogen) atoms. The topological polar surface area (TPSA) is 21.3 Å². The molecule has 0 aliphatic rings. The van der Waals surface area contributed by atoms with Gasteiger partial charge in [-0.1, -0.05) is 84.5 Å². The van der Waals surface area contributed by atoms with Crippen molar-refractivity contribution in [3.63, 3.8) is 0 Å². The highest BCUT2D eigenvalue weighted by molar-refractivity contribution is 7.80. The maximum absolute atomic E-state index is 6.02. The number of nitrogens with one attached hydrogen (secondary N) is 1. The van der Waals surface area contributed by atoms with Gasteiger partial charge in [0.15, 0.2) is 0 Å². The molecule has 3 rings (SSSR count). The van der Waals surface area contributed by atoms with Gasteiger partial charge >= 0.3 is 0 Å². The first-order valence-electron chi connectivity index (χ1n) is 8.82. The largest absolute Gasteiger partial charge is 0.488 e. The summed E-state index contributed by atoms with van der Waals surface area (Å²) >= 11 is 5.58. The van der Waals surface area contributed by atoms with Gasteiger partial charge in [0.05, 0.1) is 5.56 Å². The van der Waals surface area contributed by atoms with Gasteiger partial charge in [0.1, 0.15) is 17.3 Å². The number of para-hydroxylation sites is 1. The van der Waals surface area contributed by atoms with Crippen LogP contribution in [0.1, 0.15) is 22.3 Å². The van der Waals surface area contributed by atoms with E-state index in [1.165, 1.54) is 11.1 Å². The van der Waals surface area contributed by atoms with Crippen LogP contribution in [0, 0.1) is 6.92 Å². The van der Waals surface area contributed by atoms with Crippen LogP contribution in [-0.4, -0.2) is 11.5 Å². The molecule has 0 saturated carbocycles. The summed E-state index contributed by atoms with van der Waals surface area (Å²) in [5.41, 5.74) is 4.63. The Kier molecular flexibility index (Phi) is 6.39. The summed E-state index contributed by atoms with van der Waals surface area (Å²) in [5, 5.41) is 3.34. The van der Waals surface area contributed by atoms with Crippen molar-refractivity contribution in [3.8, 4) is 5.75 Å². The van der Waals surface area contributed by atoms with Crippen LogP contribution in [0.3, 0.4) is 0 Å². The van der Waals surface area contributed by atoms with Gasteiger partial charge in [-0.15, -0.1) is 0 Å². The molecule has 0 saturated heterocycles. The minimum absolute atomic E-state index is 0.532. The first-order valence-corrected chi connectivity index (χ1v) is 9.23. The molecular formula is C23H23NOS. The molecule has 0 unspecified atom stereocenters. The lowest BCUT2D eigenvalue weighted by molar-refractivity contribution is 0.305. The molecule has 0 radical (unpaired) electrons. The highest BCUT2D eigenvalue weighted by atomic mass is 32.1. The van der Waals surface area contributed by atoms with Crippen molar-refractivity contribution >= 4 is 17.2 Å². The summed E-state index contributed by atoms with van der Waals surface area (Å²) in [6.45, 7) is 3.42. The van der Waals surface area contributed by atoms with Gasteiger partial charge in [0, 0.05) is 6.54 Å². The van der Waals surface area contributed by atoms with Crippen LogP contribution in [0.5, 0.6) is 5.75 Å². The SMILES string of the molecule is Cc1ccc(COc2ccccc2C(=S)NCCc2ccccc2)cc1. The molecule has 0 fully saturated rings. The summed E-state index contributed by atoms with van der Waals surface area (Å²) < 4.78 is 6.02. The second-order valence-electron chi connectivity index (χ2n) is 6.26. The Morgan fingerprint density at radius 1 is 0.846 bits per heavy atom. The Labute approximate surface area is 160 Å². The molecule has 0 aliphatic carbocycles. The van der Waals surface area contributed by atoms with Gasteiger partial charge in [-0.3, -0.25) is 0 Å². The van der Waals surface area contributed by atoms with Crippen molar-refractivity contribution in [1.29, 1.82) is 0 Å². The number of hydrogen-bond donors (Lipinski definition) is 1. The lowest BCUT2D eigenvalue weighted by atomic mass is 10.1. The first-order chi connectivity index (χ1) is 12.7. The molecule has 0 bridgehead atoms. The first kappa shape index (κ1) is 18.2. The van der Waals surface area contributed by atoms with Gasteiger partial charge < -0.3 is 10.1 Å². The van der Waals surface area contributed by atoms with Gasteiger partial charge in [-0.25, -0.2) is 0 Å². The van der Waals surface area contributed by atoms with Gasteiger partial charge in [-0.2, -0.15) is 0 Å². The van der Waals surface area contributed by atoms with Crippen LogP contribution in [0.2, 0.25) is 0 Å². The van der Waals surface area contributed by atoms with Crippen molar-refractivity contribution in [2.45, 2.75) is 20.0 Å². The highest BCUT2D eigenvalue weighted by Gasteiger charge is 2.08. The molecule has 0 aromatic heterocycles. The molecule has 0 atom stereocenters. The smallest absolute Gasteiger partial charge is 0.129 e. The number of ether oxygens (including phenoxy) is 1. The van der Waals surface area contributed by atoms with E-state index in [1.54, 1.807) is 0 Å². The van der Waals surface area contributed by atoms with E-state index in [-0.39, 0.29) is 0 Å². The fraction of sp³-hybridized carbons (Fsp3) is 0.174. The van der Waals surface area contributed by atoms with E-state index in [4.69, 9.17) is 17.0 Å². The lowest BCUT2D eigenvalue weighted by Crippen LogP contribution is -2.25. The molecule has 3 aromatic rings. The van der Waals surface area contributed by atoms with E-state index in [0.29, 0.717) is 6.61 Å². The van der Waals surface area contributed by atoms with Crippen LogP contribution in [0.15, 0.2) is 78.9 Å². The molecule has 0 aliphatic heterocycles. The molecular weight excluding hydrogens is 338 g/mol. The zero-order valence-electron chi connectivity index (χ0n) is 14.9. The quantitative estimate of drug-likeness (QED) is 0.593. The Morgan fingerprint density at radius 2 is 1.54 bits per heavy atom. The number of hydrogen-bond acceptors (Lipinski definition) is 2. The Bertz CT molecular complexity index is 844. The summed E-state index contributed by atoms with van der Waals surface area (Å²) in [6, 6.07) is 26.7. The van der Waals surface area contributed by atoms with E-state index >= 15 is 0 Å². The zero-order chi connectivity index (χ0) is 18.2. The second-order valence-corrected chi connectivity index (χ2v) is 6.67. The van der Waals surface area contributed by atoms with E-state index in [9.17, 15) is 0 Å². The normalized spacial score (nSPS) is 10.3. The van der Waals surface area contributed by atoms with E-state index < -0.39 is 0 Å². The standard InChI is InChI=1S/C23H23NOS/c1-18-11-13-20(14-12-18)17-25-22-10-6-5-9-21(22)23(26)24-16-15-19-7-3-2-4-8-19/h2-14H,15-17H2,1H3,(H,24,26). The predicted octanol–water partition coefficient (Wildman–Crippen LogP) is 5.08. The number of rotatable bonds is 7. The molecule has 2 nitrogen and oxygen atoms in total. The third-order valence-electron chi connectivity index (χ3n) is 4.19. The average molecular weight is 362 g/mol. The lowest BCUT2D eigenvalue weighted by Gasteiger charge is -2.14. The third-order valence-corrected chi connectivity index (χ3v) is 4.55. The number of thiocarbonyl (C=S) groups is 1. The summed E-state index contributed by atoms with van der Waals surface area (Å²) in [7, 11) is 0. The maximum Gasteiger partial charge on any atom is 0.129 e. The summed E-state index contributed by atoms with van der Waals surface area (Å²) in [6.07, 6.45) is 0.938. The fourth-order valence-electron chi connectivity index (χ4n) is 2.69. The Morgan fingerprint density at radius 3 is 2.31 bits per heavy atom. The molecule has 3 aromatic carbocycles. The minimum Gasteiger partial charge on any atom is -0.488 e. The molecule has 0 heterocycles. The molecule has 0 spiro atoms. The Hall–Kier alpha value is -2.65. The predicted molar refractivity (Wildman–Crippen MR) is 112 cm³/mol. The van der Waals surface area contributed by atoms with E-state index in [2.05, 4.69) is 60.8 Å². The van der Waals surface area contributed by atoms with Crippen LogP contribution in [-0.2, 0) is 13.0 Å².